The third-order valence-corrected chi connectivity index (χ3v) is 6.35. The van der Waals surface area contributed by atoms with Crippen molar-refractivity contribution in [1.82, 2.24) is 4.98 Å². The van der Waals surface area contributed by atoms with Crippen molar-refractivity contribution in [2.45, 2.75) is 9.79 Å². The number of hydrogen-bond acceptors (Lipinski definition) is 6. The number of fused-ring (bicyclic) bond motifs is 1. The number of aromatic nitrogens is 1. The molecule has 0 fully saturated rings. The van der Waals surface area contributed by atoms with Crippen LogP contribution in [0.25, 0.3) is 16.3 Å². The molecule has 3 aromatic rings. The highest BCUT2D eigenvalue weighted by Gasteiger charge is 2.11. The number of hydrogen-bond donors (Lipinski definition) is 1. The summed E-state index contributed by atoms with van der Waals surface area (Å²) < 4.78 is 24.0. The van der Waals surface area contributed by atoms with Crippen LogP contribution in [0.3, 0.4) is 0 Å². The maximum absolute atomic E-state index is 12.1. The molecule has 0 unspecified atom stereocenters. The molecule has 5 nitrogen and oxygen atoms in total. The van der Waals surface area contributed by atoms with E-state index in [1.54, 1.807) is 30.0 Å². The van der Waals surface area contributed by atoms with Gasteiger partial charge in [0.2, 0.25) is 5.91 Å². The fourth-order valence-corrected chi connectivity index (χ4v) is 4.26. The lowest BCUT2D eigenvalue weighted by molar-refractivity contribution is -0.111. The largest absolute Gasteiger partial charge is 0.298 e. The van der Waals surface area contributed by atoms with Gasteiger partial charge in [0.1, 0.15) is 0 Å². The Morgan fingerprint density at radius 3 is 2.58 bits per heavy atom. The number of nitrogens with zero attached hydrogens (tertiary/aromatic N) is 1. The SMILES string of the molecule is CSc1ccc(/C=C/C(=O)Nc2nc3ccc(S(C)(=O)=O)cc3s2)cc1. The summed E-state index contributed by atoms with van der Waals surface area (Å²) >= 11 is 2.90. The van der Waals surface area contributed by atoms with Crippen LogP contribution in [-0.2, 0) is 14.6 Å². The second-order valence-corrected chi connectivity index (χ2v) is 9.44. The van der Waals surface area contributed by atoms with Gasteiger partial charge in [-0.3, -0.25) is 10.1 Å². The normalized spacial score (nSPS) is 11.9. The van der Waals surface area contributed by atoms with Gasteiger partial charge < -0.3 is 0 Å². The molecule has 0 aliphatic rings. The smallest absolute Gasteiger partial charge is 0.250 e. The molecule has 26 heavy (non-hydrogen) atoms. The molecule has 0 spiro atoms. The van der Waals surface area contributed by atoms with Gasteiger partial charge in [-0.15, -0.1) is 11.8 Å². The van der Waals surface area contributed by atoms with Gasteiger partial charge in [-0.2, -0.15) is 0 Å². The average molecular weight is 405 g/mol. The zero-order chi connectivity index (χ0) is 18.7. The Morgan fingerprint density at radius 2 is 1.92 bits per heavy atom. The Kier molecular flexibility index (Phi) is 5.45. The summed E-state index contributed by atoms with van der Waals surface area (Å²) in [6.07, 6.45) is 6.35. The number of rotatable bonds is 5. The second kappa shape index (κ2) is 7.61. The number of sulfone groups is 1. The lowest BCUT2D eigenvalue weighted by atomic mass is 10.2. The molecule has 1 aromatic heterocycles. The highest BCUT2D eigenvalue weighted by Crippen LogP contribution is 2.28. The molecule has 3 rings (SSSR count). The van der Waals surface area contributed by atoms with Crippen LogP contribution < -0.4 is 5.32 Å². The van der Waals surface area contributed by atoms with E-state index >= 15 is 0 Å². The number of nitrogens with one attached hydrogen (secondary N) is 1. The van der Waals surface area contributed by atoms with Crippen molar-refractivity contribution >= 4 is 60.3 Å². The summed E-state index contributed by atoms with van der Waals surface area (Å²) in [5.41, 5.74) is 1.58. The third-order valence-electron chi connectivity index (χ3n) is 3.56. The monoisotopic (exact) mass is 404 g/mol. The van der Waals surface area contributed by atoms with Crippen LogP contribution in [-0.4, -0.2) is 31.8 Å². The summed E-state index contributed by atoms with van der Waals surface area (Å²) in [5.74, 6) is -0.290. The molecule has 0 aliphatic carbocycles. The molecule has 2 aromatic carbocycles. The number of amides is 1. The Labute approximate surface area is 160 Å². The zero-order valence-corrected chi connectivity index (χ0v) is 16.5. The minimum atomic E-state index is -3.27. The maximum atomic E-state index is 12.1. The molecule has 1 N–H and O–H groups in total. The summed E-state index contributed by atoms with van der Waals surface area (Å²) in [6, 6.07) is 12.6. The van der Waals surface area contributed by atoms with E-state index in [1.807, 2.05) is 30.5 Å². The van der Waals surface area contributed by atoms with E-state index < -0.39 is 9.84 Å². The highest BCUT2D eigenvalue weighted by atomic mass is 32.2. The number of anilines is 1. The van der Waals surface area contributed by atoms with Crippen molar-refractivity contribution in [3.05, 3.63) is 54.1 Å². The van der Waals surface area contributed by atoms with Gasteiger partial charge in [0.05, 0.1) is 15.1 Å². The van der Waals surface area contributed by atoms with Crippen LogP contribution >= 0.6 is 23.1 Å². The number of carbonyl (C=O) groups is 1. The molecule has 1 amide bonds. The van der Waals surface area contributed by atoms with Crippen LogP contribution in [0.15, 0.2) is 58.3 Å². The zero-order valence-electron chi connectivity index (χ0n) is 14.1. The van der Waals surface area contributed by atoms with E-state index in [-0.39, 0.29) is 10.8 Å². The van der Waals surface area contributed by atoms with E-state index in [2.05, 4.69) is 10.3 Å². The summed E-state index contributed by atoms with van der Waals surface area (Å²) in [5, 5.41) is 3.14. The van der Waals surface area contributed by atoms with Crippen molar-refractivity contribution in [3.63, 3.8) is 0 Å². The van der Waals surface area contributed by atoms with E-state index in [4.69, 9.17) is 0 Å². The Bertz CT molecular complexity index is 1080. The van der Waals surface area contributed by atoms with Gasteiger partial charge >= 0.3 is 0 Å². The number of benzene rings is 2. The van der Waals surface area contributed by atoms with Crippen molar-refractivity contribution < 1.29 is 13.2 Å². The van der Waals surface area contributed by atoms with Gasteiger partial charge in [0.15, 0.2) is 15.0 Å². The molecule has 0 atom stereocenters. The van der Waals surface area contributed by atoms with Crippen LogP contribution in [0.1, 0.15) is 5.56 Å². The first-order chi connectivity index (χ1) is 12.3. The minimum Gasteiger partial charge on any atom is -0.298 e. The quantitative estimate of drug-likeness (QED) is 0.512. The lowest BCUT2D eigenvalue weighted by Crippen LogP contribution is -2.07. The predicted molar refractivity (Wildman–Crippen MR) is 109 cm³/mol. The topological polar surface area (TPSA) is 76.1 Å². The fraction of sp³-hybridized carbons (Fsp3) is 0.111. The molecular formula is C18H16N2O3S3. The number of carbonyl (C=O) groups excluding carboxylic acids is 1. The molecular weight excluding hydrogens is 388 g/mol. The van der Waals surface area contributed by atoms with E-state index in [9.17, 15) is 13.2 Å². The molecule has 0 radical (unpaired) electrons. The summed E-state index contributed by atoms with van der Waals surface area (Å²) in [7, 11) is -3.27. The number of thioether (sulfide) groups is 1. The average Bonchev–Trinajstić information content (AvgIpc) is 3.01. The molecule has 0 saturated heterocycles. The van der Waals surface area contributed by atoms with Crippen molar-refractivity contribution in [3.8, 4) is 0 Å². The van der Waals surface area contributed by atoms with Gasteiger partial charge in [0, 0.05) is 17.2 Å². The molecule has 0 saturated carbocycles. The van der Waals surface area contributed by atoms with Gasteiger partial charge in [0.25, 0.3) is 0 Å². The fourth-order valence-electron chi connectivity index (χ4n) is 2.22. The van der Waals surface area contributed by atoms with Gasteiger partial charge in [-0.05, 0) is 48.2 Å². The van der Waals surface area contributed by atoms with Crippen LogP contribution in [0.5, 0.6) is 0 Å². The van der Waals surface area contributed by atoms with Gasteiger partial charge in [-0.1, -0.05) is 23.5 Å². The summed E-state index contributed by atoms with van der Waals surface area (Å²) in [4.78, 5) is 17.8. The number of thiazole rings is 1. The first-order valence-corrected chi connectivity index (χ1v) is 11.5. The van der Waals surface area contributed by atoms with E-state index in [0.717, 1.165) is 16.7 Å². The maximum Gasteiger partial charge on any atom is 0.250 e. The second-order valence-electron chi connectivity index (χ2n) is 5.52. The third kappa shape index (κ3) is 4.51. The standard InChI is InChI=1S/C18H16N2O3S3/c1-24-13-6-3-12(4-7-13)5-10-17(21)20-18-19-15-9-8-14(26(2,22)23)11-16(15)25-18/h3-11H,1-2H3,(H,19,20,21)/b10-5+. The molecule has 0 bridgehead atoms. The summed E-state index contributed by atoms with van der Waals surface area (Å²) in [6.45, 7) is 0. The first-order valence-electron chi connectivity index (χ1n) is 7.59. The van der Waals surface area contributed by atoms with Gasteiger partial charge in [-0.25, -0.2) is 13.4 Å². The van der Waals surface area contributed by atoms with E-state index in [1.165, 1.54) is 23.5 Å². The molecule has 134 valence electrons. The predicted octanol–water partition coefficient (Wildman–Crippen LogP) is 4.07. The van der Waals surface area contributed by atoms with Crippen molar-refractivity contribution in [2.75, 3.05) is 17.8 Å². The molecule has 8 heteroatoms. The Balaban J connectivity index is 1.73. The molecule has 1 heterocycles. The Morgan fingerprint density at radius 1 is 1.19 bits per heavy atom. The molecule has 0 aliphatic heterocycles. The van der Waals surface area contributed by atoms with Crippen LogP contribution in [0.2, 0.25) is 0 Å². The Hall–Kier alpha value is -2.16. The van der Waals surface area contributed by atoms with Crippen LogP contribution in [0.4, 0.5) is 5.13 Å². The van der Waals surface area contributed by atoms with Crippen molar-refractivity contribution in [2.24, 2.45) is 0 Å². The minimum absolute atomic E-state index is 0.236. The van der Waals surface area contributed by atoms with E-state index in [0.29, 0.717) is 15.3 Å². The van der Waals surface area contributed by atoms with Crippen LogP contribution in [0, 0.1) is 0 Å². The lowest BCUT2D eigenvalue weighted by Gasteiger charge is -1.97. The first kappa shape index (κ1) is 18.6. The highest BCUT2D eigenvalue weighted by molar-refractivity contribution is 7.98. The van der Waals surface area contributed by atoms with Crippen molar-refractivity contribution in [1.29, 1.82) is 0 Å².